The number of nitrogens with zero attached hydrogens (tertiary/aromatic N) is 1. The van der Waals surface area contributed by atoms with Crippen LogP contribution in [0.2, 0.25) is 0 Å². The highest BCUT2D eigenvalue weighted by Gasteiger charge is 2.13. The van der Waals surface area contributed by atoms with Crippen LogP contribution >= 0.6 is 11.3 Å². The molecule has 0 fully saturated rings. The second-order valence-corrected chi connectivity index (χ2v) is 5.87. The minimum absolute atomic E-state index is 0.00754. The Labute approximate surface area is 147 Å². The van der Waals surface area contributed by atoms with E-state index in [1.165, 1.54) is 24.5 Å². The van der Waals surface area contributed by atoms with Crippen molar-refractivity contribution < 1.29 is 23.0 Å². The minimum atomic E-state index is -2.90. The molecule has 0 aliphatic rings. The SMILES string of the molecule is COc1ccc(-c2nc(-c3ccc(OC(F)F)c(OC)c3)cs2)cc1. The lowest BCUT2D eigenvalue weighted by atomic mass is 10.1. The Morgan fingerprint density at radius 1 is 0.920 bits per heavy atom. The molecule has 130 valence electrons. The molecule has 3 rings (SSSR count). The van der Waals surface area contributed by atoms with Crippen molar-refractivity contribution in [1.29, 1.82) is 0 Å². The molecule has 1 aromatic heterocycles. The van der Waals surface area contributed by atoms with E-state index < -0.39 is 6.61 Å². The molecular weight excluding hydrogens is 348 g/mol. The molecule has 0 spiro atoms. The normalized spacial score (nSPS) is 10.8. The quantitative estimate of drug-likeness (QED) is 0.611. The topological polar surface area (TPSA) is 40.6 Å². The lowest BCUT2D eigenvalue weighted by Crippen LogP contribution is -2.03. The summed E-state index contributed by atoms with van der Waals surface area (Å²) in [6.07, 6.45) is 0. The van der Waals surface area contributed by atoms with Crippen molar-refractivity contribution in [3.8, 4) is 39.1 Å². The van der Waals surface area contributed by atoms with Gasteiger partial charge in [-0.05, 0) is 42.5 Å². The van der Waals surface area contributed by atoms with E-state index in [0.717, 1.165) is 27.6 Å². The molecule has 0 aliphatic heterocycles. The lowest BCUT2D eigenvalue weighted by Gasteiger charge is -2.10. The smallest absolute Gasteiger partial charge is 0.387 e. The molecule has 0 amide bonds. The molecule has 2 aromatic carbocycles. The number of rotatable bonds is 6. The Hall–Kier alpha value is -2.67. The van der Waals surface area contributed by atoms with E-state index in [1.54, 1.807) is 19.2 Å². The second-order valence-electron chi connectivity index (χ2n) is 5.01. The summed E-state index contributed by atoms with van der Waals surface area (Å²) in [7, 11) is 3.02. The number of hydrogen-bond donors (Lipinski definition) is 0. The van der Waals surface area contributed by atoms with Crippen LogP contribution in [-0.2, 0) is 0 Å². The summed E-state index contributed by atoms with van der Waals surface area (Å²) in [6, 6.07) is 12.4. The Kier molecular flexibility index (Phi) is 5.14. The number of thiazole rings is 1. The summed E-state index contributed by atoms with van der Waals surface area (Å²) in [5.41, 5.74) is 2.47. The second kappa shape index (κ2) is 7.48. The number of ether oxygens (including phenoxy) is 3. The molecule has 3 aromatic rings. The van der Waals surface area contributed by atoms with E-state index in [-0.39, 0.29) is 11.5 Å². The fourth-order valence-corrected chi connectivity index (χ4v) is 3.13. The largest absolute Gasteiger partial charge is 0.497 e. The fourth-order valence-electron chi connectivity index (χ4n) is 2.29. The Morgan fingerprint density at radius 3 is 2.28 bits per heavy atom. The van der Waals surface area contributed by atoms with Crippen molar-refractivity contribution in [1.82, 2.24) is 4.98 Å². The van der Waals surface area contributed by atoms with Gasteiger partial charge in [-0.2, -0.15) is 8.78 Å². The van der Waals surface area contributed by atoms with E-state index in [1.807, 2.05) is 29.6 Å². The molecule has 25 heavy (non-hydrogen) atoms. The van der Waals surface area contributed by atoms with Crippen molar-refractivity contribution in [2.75, 3.05) is 14.2 Å². The summed E-state index contributed by atoms with van der Waals surface area (Å²) in [5, 5.41) is 2.76. The molecule has 0 aliphatic carbocycles. The van der Waals surface area contributed by atoms with Crippen LogP contribution in [-0.4, -0.2) is 25.8 Å². The zero-order chi connectivity index (χ0) is 17.8. The van der Waals surface area contributed by atoms with Gasteiger partial charge < -0.3 is 14.2 Å². The van der Waals surface area contributed by atoms with Gasteiger partial charge in [-0.25, -0.2) is 4.98 Å². The molecule has 0 saturated heterocycles. The van der Waals surface area contributed by atoms with Crippen LogP contribution in [0.4, 0.5) is 8.78 Å². The van der Waals surface area contributed by atoms with Crippen LogP contribution in [0.1, 0.15) is 0 Å². The number of methoxy groups -OCH3 is 2. The van der Waals surface area contributed by atoms with Crippen molar-refractivity contribution in [2.24, 2.45) is 0 Å². The van der Waals surface area contributed by atoms with Crippen LogP contribution in [0.15, 0.2) is 47.8 Å². The first-order valence-corrected chi connectivity index (χ1v) is 8.22. The molecule has 0 atom stereocenters. The van der Waals surface area contributed by atoms with Gasteiger partial charge in [0, 0.05) is 16.5 Å². The van der Waals surface area contributed by atoms with Crippen LogP contribution in [0.3, 0.4) is 0 Å². The van der Waals surface area contributed by atoms with Crippen LogP contribution < -0.4 is 14.2 Å². The first-order valence-electron chi connectivity index (χ1n) is 7.34. The first kappa shape index (κ1) is 17.2. The summed E-state index contributed by atoms with van der Waals surface area (Å²) < 4.78 is 39.5. The zero-order valence-electron chi connectivity index (χ0n) is 13.5. The van der Waals surface area contributed by atoms with Gasteiger partial charge in [0.15, 0.2) is 11.5 Å². The third-order valence-electron chi connectivity index (χ3n) is 3.52. The average Bonchev–Trinajstić information content (AvgIpc) is 3.12. The third kappa shape index (κ3) is 3.88. The van der Waals surface area contributed by atoms with Gasteiger partial charge in [0.05, 0.1) is 19.9 Å². The predicted molar refractivity (Wildman–Crippen MR) is 92.7 cm³/mol. The van der Waals surface area contributed by atoms with Gasteiger partial charge in [-0.1, -0.05) is 0 Å². The molecule has 0 unspecified atom stereocenters. The fraction of sp³-hybridized carbons (Fsp3) is 0.167. The van der Waals surface area contributed by atoms with Gasteiger partial charge in [0.1, 0.15) is 10.8 Å². The van der Waals surface area contributed by atoms with E-state index in [9.17, 15) is 8.78 Å². The van der Waals surface area contributed by atoms with Crippen molar-refractivity contribution in [2.45, 2.75) is 6.61 Å². The van der Waals surface area contributed by atoms with Gasteiger partial charge in [0.2, 0.25) is 0 Å². The lowest BCUT2D eigenvalue weighted by molar-refractivity contribution is -0.0512. The van der Waals surface area contributed by atoms with E-state index >= 15 is 0 Å². The maximum Gasteiger partial charge on any atom is 0.387 e. The maximum absolute atomic E-state index is 12.4. The molecule has 0 bridgehead atoms. The number of alkyl halides is 2. The molecule has 0 N–H and O–H groups in total. The van der Waals surface area contributed by atoms with Crippen molar-refractivity contribution in [3.63, 3.8) is 0 Å². The van der Waals surface area contributed by atoms with Gasteiger partial charge in [-0.15, -0.1) is 11.3 Å². The van der Waals surface area contributed by atoms with Crippen LogP contribution in [0, 0.1) is 0 Å². The Bertz CT molecular complexity index is 850. The number of benzene rings is 2. The standard InChI is InChI=1S/C18H15F2NO3S/c1-22-13-6-3-11(4-7-13)17-21-14(10-25-17)12-5-8-15(24-18(19)20)16(9-12)23-2/h3-10,18H,1-2H3. The molecular formula is C18H15F2NO3S. The highest BCUT2D eigenvalue weighted by molar-refractivity contribution is 7.13. The van der Waals surface area contributed by atoms with Crippen molar-refractivity contribution in [3.05, 3.63) is 47.8 Å². The summed E-state index contributed by atoms with van der Waals surface area (Å²) >= 11 is 1.50. The predicted octanol–water partition coefficient (Wildman–Crippen LogP) is 5.10. The maximum atomic E-state index is 12.4. The van der Waals surface area contributed by atoms with Crippen molar-refractivity contribution >= 4 is 11.3 Å². The monoisotopic (exact) mass is 363 g/mol. The van der Waals surface area contributed by atoms with Gasteiger partial charge in [0.25, 0.3) is 0 Å². The average molecular weight is 363 g/mol. The number of aromatic nitrogens is 1. The van der Waals surface area contributed by atoms with Gasteiger partial charge >= 0.3 is 6.61 Å². The summed E-state index contributed by atoms with van der Waals surface area (Å²) in [5.74, 6) is 1.00. The van der Waals surface area contributed by atoms with E-state index in [0.29, 0.717) is 0 Å². The van der Waals surface area contributed by atoms with Crippen LogP contribution in [0.25, 0.3) is 21.8 Å². The van der Waals surface area contributed by atoms with Gasteiger partial charge in [-0.3, -0.25) is 0 Å². The highest BCUT2D eigenvalue weighted by Crippen LogP contribution is 2.35. The Morgan fingerprint density at radius 2 is 1.64 bits per heavy atom. The van der Waals surface area contributed by atoms with E-state index in [2.05, 4.69) is 9.72 Å². The summed E-state index contributed by atoms with van der Waals surface area (Å²) in [6.45, 7) is -2.90. The first-order chi connectivity index (χ1) is 12.1. The molecule has 1 heterocycles. The van der Waals surface area contributed by atoms with E-state index in [4.69, 9.17) is 9.47 Å². The highest BCUT2D eigenvalue weighted by atomic mass is 32.1. The molecule has 0 saturated carbocycles. The molecule has 4 nitrogen and oxygen atoms in total. The third-order valence-corrected chi connectivity index (χ3v) is 4.41. The Balaban J connectivity index is 1.88. The minimum Gasteiger partial charge on any atom is -0.497 e. The molecule has 0 radical (unpaired) electrons. The number of hydrogen-bond acceptors (Lipinski definition) is 5. The van der Waals surface area contributed by atoms with Crippen LogP contribution in [0.5, 0.6) is 17.2 Å². The molecule has 7 heteroatoms. The zero-order valence-corrected chi connectivity index (χ0v) is 14.3. The number of halogens is 2. The summed E-state index contributed by atoms with van der Waals surface area (Å²) in [4.78, 5) is 4.61.